The Morgan fingerprint density at radius 3 is 1.69 bits per heavy atom. The molecule has 0 aliphatic carbocycles. The molecule has 0 radical (unpaired) electrons. The number of nitro groups is 1. The van der Waals surface area contributed by atoms with Gasteiger partial charge >= 0.3 is 11.9 Å². The highest BCUT2D eigenvalue weighted by atomic mass is 16.6. The molecule has 2 aromatic carbocycles. The third-order valence-corrected chi connectivity index (χ3v) is 3.21. The van der Waals surface area contributed by atoms with Gasteiger partial charge in [-0.05, 0) is 36.4 Å². The molecule has 0 fully saturated rings. The molecule has 0 heterocycles. The monoisotopic (exact) mass is 358 g/mol. The van der Waals surface area contributed by atoms with Gasteiger partial charge in [-0.1, -0.05) is 0 Å². The van der Waals surface area contributed by atoms with Gasteiger partial charge in [-0.25, -0.2) is 0 Å². The van der Waals surface area contributed by atoms with Crippen molar-refractivity contribution in [1.82, 2.24) is 0 Å². The fourth-order valence-corrected chi connectivity index (χ4v) is 2.05. The predicted octanol–water partition coefficient (Wildman–Crippen LogP) is 2.99. The van der Waals surface area contributed by atoms with Crippen molar-refractivity contribution in [2.75, 3.05) is 18.0 Å². The molecule has 0 spiro atoms. The Morgan fingerprint density at radius 2 is 1.31 bits per heavy atom. The molecule has 0 bridgehead atoms. The Morgan fingerprint density at radius 1 is 0.885 bits per heavy atom. The summed E-state index contributed by atoms with van der Waals surface area (Å²) in [5.74, 6) is -2.29. The Labute approximate surface area is 147 Å². The molecule has 0 aliphatic heterocycles. The smallest absolute Gasteiger partial charge is 0.323 e. The third kappa shape index (κ3) is 5.37. The number of aliphatic carboxylic acids is 2. The van der Waals surface area contributed by atoms with Crippen molar-refractivity contribution >= 4 is 34.7 Å². The molecule has 0 aromatic heterocycles. The third-order valence-electron chi connectivity index (χ3n) is 3.21. The van der Waals surface area contributed by atoms with E-state index < -0.39 is 30.0 Å². The van der Waals surface area contributed by atoms with Gasteiger partial charge in [0.25, 0.3) is 5.69 Å². The summed E-state index contributed by atoms with van der Waals surface area (Å²) in [6, 6.07) is 11.7. The number of carbonyl (C=O) groups is 2. The normalized spacial score (nSPS) is 10.6. The SMILES string of the molecule is O=C(O)CN(CC(=O)O)c1ccc(N=Nc2ccc([N+](=O)[O-])cc2)cc1. The van der Waals surface area contributed by atoms with Gasteiger partial charge in [0.1, 0.15) is 13.1 Å². The highest BCUT2D eigenvalue weighted by molar-refractivity contribution is 5.79. The maximum atomic E-state index is 10.8. The molecule has 2 rings (SSSR count). The average molecular weight is 358 g/mol. The van der Waals surface area contributed by atoms with Crippen LogP contribution in [0.4, 0.5) is 22.7 Å². The standard InChI is InChI=1S/C16H14N4O6/c21-15(22)9-19(10-16(23)24)13-5-1-11(2-6-13)17-18-12-3-7-14(8-4-12)20(25)26/h1-8H,9-10H2,(H,21,22)(H,23,24). The van der Waals surface area contributed by atoms with E-state index in [4.69, 9.17) is 10.2 Å². The summed E-state index contributed by atoms with van der Waals surface area (Å²) >= 11 is 0. The molecule has 26 heavy (non-hydrogen) atoms. The molecule has 0 amide bonds. The van der Waals surface area contributed by atoms with Gasteiger partial charge in [-0.2, -0.15) is 10.2 Å². The van der Waals surface area contributed by atoms with Gasteiger partial charge in [0, 0.05) is 17.8 Å². The van der Waals surface area contributed by atoms with Crippen LogP contribution in [0, 0.1) is 10.1 Å². The van der Waals surface area contributed by atoms with Crippen molar-refractivity contribution in [2.45, 2.75) is 0 Å². The number of azo groups is 1. The number of nitrogens with zero attached hydrogens (tertiary/aromatic N) is 4. The number of hydrogen-bond acceptors (Lipinski definition) is 7. The fraction of sp³-hybridized carbons (Fsp3) is 0.125. The zero-order valence-corrected chi connectivity index (χ0v) is 13.3. The number of carboxylic acid groups (broad SMARTS) is 2. The summed E-state index contributed by atoms with van der Waals surface area (Å²) in [5.41, 5.74) is 1.25. The second-order valence-electron chi connectivity index (χ2n) is 5.13. The van der Waals surface area contributed by atoms with Crippen LogP contribution in [-0.4, -0.2) is 40.2 Å². The zero-order chi connectivity index (χ0) is 19.1. The van der Waals surface area contributed by atoms with E-state index in [0.29, 0.717) is 17.1 Å². The minimum atomic E-state index is -1.15. The van der Waals surface area contributed by atoms with Gasteiger partial charge in [0.15, 0.2) is 0 Å². The van der Waals surface area contributed by atoms with Crippen LogP contribution < -0.4 is 4.90 Å². The van der Waals surface area contributed by atoms with Crippen molar-refractivity contribution in [2.24, 2.45) is 10.2 Å². The number of hydrogen-bond donors (Lipinski definition) is 2. The minimum absolute atomic E-state index is 0.0507. The maximum absolute atomic E-state index is 10.8. The lowest BCUT2D eigenvalue weighted by molar-refractivity contribution is -0.384. The van der Waals surface area contributed by atoms with E-state index in [-0.39, 0.29) is 5.69 Å². The van der Waals surface area contributed by atoms with E-state index in [1.165, 1.54) is 41.3 Å². The van der Waals surface area contributed by atoms with E-state index >= 15 is 0 Å². The number of non-ortho nitro benzene ring substituents is 1. The lowest BCUT2D eigenvalue weighted by atomic mass is 10.2. The van der Waals surface area contributed by atoms with Crippen LogP contribution in [0.1, 0.15) is 0 Å². The highest BCUT2D eigenvalue weighted by Crippen LogP contribution is 2.23. The molecular weight excluding hydrogens is 344 g/mol. The molecule has 0 saturated carbocycles. The molecule has 10 heteroatoms. The number of rotatable bonds is 8. The first-order chi connectivity index (χ1) is 12.3. The van der Waals surface area contributed by atoms with Gasteiger partial charge < -0.3 is 15.1 Å². The topological polar surface area (TPSA) is 146 Å². The quantitative estimate of drug-likeness (QED) is 0.419. The maximum Gasteiger partial charge on any atom is 0.323 e. The zero-order valence-electron chi connectivity index (χ0n) is 13.3. The van der Waals surface area contributed by atoms with E-state index in [2.05, 4.69) is 10.2 Å². The molecule has 2 N–H and O–H groups in total. The Bertz CT molecular complexity index is 817. The first-order valence-corrected chi connectivity index (χ1v) is 7.30. The summed E-state index contributed by atoms with van der Waals surface area (Å²) in [5, 5.41) is 36.2. The van der Waals surface area contributed by atoms with Crippen molar-refractivity contribution in [3.8, 4) is 0 Å². The molecule has 0 atom stereocenters. The molecule has 134 valence electrons. The summed E-state index contributed by atoms with van der Waals surface area (Å²) in [6.45, 7) is -0.897. The van der Waals surface area contributed by atoms with Crippen LogP contribution in [0.5, 0.6) is 0 Å². The van der Waals surface area contributed by atoms with Crippen molar-refractivity contribution < 1.29 is 24.7 Å². The van der Waals surface area contributed by atoms with E-state index in [0.717, 1.165) is 0 Å². The van der Waals surface area contributed by atoms with Crippen LogP contribution in [0.15, 0.2) is 58.8 Å². The Hall–Kier alpha value is -3.82. The van der Waals surface area contributed by atoms with Crippen LogP contribution in [0.25, 0.3) is 0 Å². The van der Waals surface area contributed by atoms with Gasteiger partial charge in [0.05, 0.1) is 16.3 Å². The number of anilines is 1. The molecule has 0 unspecified atom stereocenters. The second-order valence-corrected chi connectivity index (χ2v) is 5.13. The Balaban J connectivity index is 2.11. The largest absolute Gasteiger partial charge is 0.480 e. The van der Waals surface area contributed by atoms with E-state index in [1.807, 2.05) is 0 Å². The van der Waals surface area contributed by atoms with Crippen LogP contribution >= 0.6 is 0 Å². The highest BCUT2D eigenvalue weighted by Gasteiger charge is 2.14. The molecule has 10 nitrogen and oxygen atoms in total. The first-order valence-electron chi connectivity index (χ1n) is 7.30. The van der Waals surface area contributed by atoms with Crippen LogP contribution in [0.2, 0.25) is 0 Å². The first kappa shape index (κ1) is 18.5. The van der Waals surface area contributed by atoms with Crippen molar-refractivity contribution in [3.63, 3.8) is 0 Å². The number of nitro benzene ring substituents is 1. The fourth-order valence-electron chi connectivity index (χ4n) is 2.05. The lowest BCUT2D eigenvalue weighted by Gasteiger charge is -2.20. The summed E-state index contributed by atoms with van der Waals surface area (Å²) in [4.78, 5) is 33.0. The summed E-state index contributed by atoms with van der Waals surface area (Å²) in [7, 11) is 0. The van der Waals surface area contributed by atoms with E-state index in [1.54, 1.807) is 12.1 Å². The van der Waals surface area contributed by atoms with Gasteiger partial charge in [-0.15, -0.1) is 0 Å². The number of benzene rings is 2. The molecule has 0 saturated heterocycles. The Kier molecular flexibility index (Phi) is 5.93. The molecule has 2 aromatic rings. The second kappa shape index (κ2) is 8.33. The van der Waals surface area contributed by atoms with Gasteiger partial charge in [-0.3, -0.25) is 19.7 Å². The summed E-state index contributed by atoms with van der Waals surface area (Å²) < 4.78 is 0. The minimum Gasteiger partial charge on any atom is -0.480 e. The lowest BCUT2D eigenvalue weighted by Crippen LogP contribution is -2.34. The molecule has 0 aliphatic rings. The molecular formula is C16H14N4O6. The average Bonchev–Trinajstić information content (AvgIpc) is 2.59. The van der Waals surface area contributed by atoms with Crippen LogP contribution in [0.3, 0.4) is 0 Å². The van der Waals surface area contributed by atoms with Gasteiger partial charge in [0.2, 0.25) is 0 Å². The van der Waals surface area contributed by atoms with E-state index in [9.17, 15) is 19.7 Å². The van der Waals surface area contributed by atoms with Crippen molar-refractivity contribution in [3.05, 3.63) is 58.6 Å². The number of carboxylic acids is 2. The van der Waals surface area contributed by atoms with Crippen molar-refractivity contribution in [1.29, 1.82) is 0 Å². The van der Waals surface area contributed by atoms with Crippen LogP contribution in [-0.2, 0) is 9.59 Å². The summed E-state index contributed by atoms with van der Waals surface area (Å²) in [6.07, 6.45) is 0. The predicted molar refractivity (Wildman–Crippen MR) is 91.2 cm³/mol.